The van der Waals surface area contributed by atoms with E-state index >= 15 is 0 Å². The maximum Gasteiger partial charge on any atom is 0.340 e. The van der Waals surface area contributed by atoms with E-state index in [-0.39, 0.29) is 21.7 Å². The van der Waals surface area contributed by atoms with Crippen molar-refractivity contribution in [1.29, 1.82) is 0 Å². The summed E-state index contributed by atoms with van der Waals surface area (Å²) in [7, 11) is -2.52. The molecule has 0 spiro atoms. The van der Waals surface area contributed by atoms with Gasteiger partial charge in [-0.15, -0.1) is 0 Å². The summed E-state index contributed by atoms with van der Waals surface area (Å²) in [5.41, 5.74) is 1.32. The minimum absolute atomic E-state index is 0.117. The molecule has 0 radical (unpaired) electrons. The van der Waals surface area contributed by atoms with E-state index < -0.39 is 21.9 Å². The van der Waals surface area contributed by atoms with Crippen LogP contribution in [0.15, 0.2) is 90.0 Å². The lowest BCUT2D eigenvalue weighted by molar-refractivity contribution is 0.0603. The van der Waals surface area contributed by atoms with Gasteiger partial charge in [0.2, 0.25) is 0 Å². The Labute approximate surface area is 178 Å². The number of methoxy groups -OCH3 is 1. The first-order chi connectivity index (χ1) is 14.9. The zero-order valence-corrected chi connectivity index (χ0v) is 17.3. The molecule has 1 N–H and O–H groups in total. The van der Waals surface area contributed by atoms with Crippen molar-refractivity contribution in [2.45, 2.75) is 4.90 Å². The van der Waals surface area contributed by atoms with Crippen LogP contribution < -0.4 is 4.72 Å². The van der Waals surface area contributed by atoms with Gasteiger partial charge >= 0.3 is 5.97 Å². The first kappa shape index (κ1) is 20.4. The molecule has 0 aliphatic heterocycles. The molecule has 0 saturated heterocycles. The molecular weight excluding hydrogens is 416 g/mol. The third-order valence-corrected chi connectivity index (χ3v) is 6.15. The number of nitrogens with one attached hydrogen (secondary N) is 1. The number of carbonyl (C=O) groups is 2. The van der Waals surface area contributed by atoms with Gasteiger partial charge in [0.15, 0.2) is 0 Å². The van der Waals surface area contributed by atoms with Crippen molar-refractivity contribution in [3.8, 4) is 0 Å². The molecule has 7 nitrogen and oxygen atoms in total. The summed E-state index contributed by atoms with van der Waals surface area (Å²) in [6, 6.07) is 21.1. The number of benzene rings is 3. The van der Waals surface area contributed by atoms with Gasteiger partial charge in [-0.2, -0.15) is 0 Å². The number of ether oxygens (including phenoxy) is 1. The van der Waals surface area contributed by atoms with Crippen LogP contribution in [0, 0.1) is 0 Å². The molecule has 1 heterocycles. The van der Waals surface area contributed by atoms with Gasteiger partial charge < -0.3 is 4.74 Å². The lowest BCUT2D eigenvalue weighted by Crippen LogP contribution is -2.14. The van der Waals surface area contributed by atoms with E-state index in [1.165, 1.54) is 36.1 Å². The predicted molar refractivity (Wildman–Crippen MR) is 117 cm³/mol. The first-order valence-electron chi connectivity index (χ1n) is 9.32. The fraction of sp³-hybridized carbons (Fsp3) is 0.0435. The zero-order valence-electron chi connectivity index (χ0n) is 16.5. The molecule has 4 rings (SSSR count). The highest BCUT2D eigenvalue weighted by atomic mass is 32.2. The molecule has 31 heavy (non-hydrogen) atoms. The Morgan fingerprint density at radius 2 is 1.61 bits per heavy atom. The number of hydrogen-bond donors (Lipinski definition) is 1. The number of nitrogens with zero attached hydrogens (tertiary/aromatic N) is 1. The van der Waals surface area contributed by atoms with E-state index in [2.05, 4.69) is 4.72 Å². The maximum absolute atomic E-state index is 13.2. The highest BCUT2D eigenvalue weighted by Crippen LogP contribution is 2.24. The van der Waals surface area contributed by atoms with Gasteiger partial charge in [-0.05, 0) is 36.4 Å². The van der Waals surface area contributed by atoms with Crippen LogP contribution in [0.5, 0.6) is 0 Å². The largest absolute Gasteiger partial charge is 0.465 e. The number of rotatable bonds is 5. The van der Waals surface area contributed by atoms with Crippen LogP contribution in [0.4, 0.5) is 5.69 Å². The molecular formula is C23H18N2O5S. The fourth-order valence-corrected chi connectivity index (χ4v) is 4.36. The van der Waals surface area contributed by atoms with Crippen LogP contribution in [-0.2, 0) is 14.8 Å². The summed E-state index contributed by atoms with van der Waals surface area (Å²) < 4.78 is 33.8. The minimum atomic E-state index is -3.79. The lowest BCUT2D eigenvalue weighted by Gasteiger charge is -2.10. The number of esters is 1. The van der Waals surface area contributed by atoms with E-state index in [1.807, 2.05) is 0 Å². The summed E-state index contributed by atoms with van der Waals surface area (Å²) in [4.78, 5) is 25.4. The molecule has 0 aliphatic carbocycles. The Kier molecular flexibility index (Phi) is 5.31. The molecule has 8 heteroatoms. The van der Waals surface area contributed by atoms with Crippen LogP contribution in [0.1, 0.15) is 20.7 Å². The number of fused-ring (bicyclic) bond motifs is 1. The summed E-state index contributed by atoms with van der Waals surface area (Å²) in [6.45, 7) is 0. The quantitative estimate of drug-likeness (QED) is 0.481. The van der Waals surface area contributed by atoms with E-state index in [1.54, 1.807) is 60.7 Å². The number of hydrogen-bond acceptors (Lipinski definition) is 5. The molecule has 0 unspecified atom stereocenters. The van der Waals surface area contributed by atoms with Gasteiger partial charge in [-0.3, -0.25) is 14.1 Å². The Balaban J connectivity index is 1.71. The second-order valence-corrected chi connectivity index (χ2v) is 8.41. The van der Waals surface area contributed by atoms with Gasteiger partial charge in [0.05, 0.1) is 23.1 Å². The molecule has 0 amide bonds. The topological polar surface area (TPSA) is 94.5 Å². The molecule has 0 saturated carbocycles. The molecule has 0 fully saturated rings. The standard InChI is InChI=1S/C23H18N2O5S/c1-30-23(27)20-15-25(21-13-6-5-12-19(20)21)22(26)16-8-7-9-17(14-16)24-31(28,29)18-10-3-2-4-11-18/h2-15,24H,1H3. The second kappa shape index (κ2) is 8.08. The summed E-state index contributed by atoms with van der Waals surface area (Å²) in [5.74, 6) is -0.959. The summed E-state index contributed by atoms with van der Waals surface area (Å²) in [5, 5.41) is 0.587. The zero-order chi connectivity index (χ0) is 22.0. The van der Waals surface area contributed by atoms with E-state index in [9.17, 15) is 18.0 Å². The van der Waals surface area contributed by atoms with Gasteiger partial charge in [-0.25, -0.2) is 13.2 Å². The van der Waals surface area contributed by atoms with Gasteiger partial charge in [0, 0.05) is 22.8 Å². The van der Waals surface area contributed by atoms with Crippen LogP contribution in [-0.4, -0.2) is 32.0 Å². The maximum atomic E-state index is 13.2. The van der Waals surface area contributed by atoms with Crippen LogP contribution >= 0.6 is 0 Å². The van der Waals surface area contributed by atoms with Crippen molar-refractivity contribution in [3.05, 3.63) is 96.2 Å². The number of aromatic nitrogens is 1. The number of para-hydroxylation sites is 1. The number of anilines is 1. The highest BCUT2D eigenvalue weighted by Gasteiger charge is 2.20. The van der Waals surface area contributed by atoms with Crippen molar-refractivity contribution in [2.24, 2.45) is 0 Å². The summed E-state index contributed by atoms with van der Waals surface area (Å²) in [6.07, 6.45) is 1.43. The van der Waals surface area contributed by atoms with Crippen LogP contribution in [0.3, 0.4) is 0 Å². The lowest BCUT2D eigenvalue weighted by atomic mass is 10.2. The Hall–Kier alpha value is -3.91. The fourth-order valence-electron chi connectivity index (χ4n) is 3.29. The Bertz CT molecular complexity index is 1390. The van der Waals surface area contributed by atoms with Gasteiger partial charge in [0.25, 0.3) is 15.9 Å². The molecule has 0 aliphatic rings. The molecule has 1 aromatic heterocycles. The second-order valence-electron chi connectivity index (χ2n) is 6.73. The molecule has 0 bridgehead atoms. The van der Waals surface area contributed by atoms with Crippen molar-refractivity contribution in [1.82, 2.24) is 4.57 Å². The smallest absolute Gasteiger partial charge is 0.340 e. The monoisotopic (exact) mass is 434 g/mol. The number of sulfonamides is 1. The third kappa shape index (κ3) is 3.93. The van der Waals surface area contributed by atoms with Crippen molar-refractivity contribution in [2.75, 3.05) is 11.8 Å². The van der Waals surface area contributed by atoms with Crippen molar-refractivity contribution >= 4 is 38.5 Å². The van der Waals surface area contributed by atoms with Crippen LogP contribution in [0.25, 0.3) is 10.9 Å². The SMILES string of the molecule is COC(=O)c1cn(C(=O)c2cccc(NS(=O)(=O)c3ccccc3)c2)c2ccccc12. The van der Waals surface area contributed by atoms with Crippen molar-refractivity contribution < 1.29 is 22.7 Å². The normalized spacial score (nSPS) is 11.3. The van der Waals surface area contributed by atoms with Crippen molar-refractivity contribution in [3.63, 3.8) is 0 Å². The highest BCUT2D eigenvalue weighted by molar-refractivity contribution is 7.92. The average molecular weight is 434 g/mol. The Morgan fingerprint density at radius 1 is 0.903 bits per heavy atom. The van der Waals surface area contributed by atoms with E-state index in [0.717, 1.165) is 0 Å². The first-order valence-corrected chi connectivity index (χ1v) is 10.8. The molecule has 156 valence electrons. The summed E-state index contributed by atoms with van der Waals surface area (Å²) >= 11 is 0. The molecule has 4 aromatic rings. The number of carbonyl (C=O) groups excluding carboxylic acids is 2. The van der Waals surface area contributed by atoms with E-state index in [4.69, 9.17) is 4.74 Å². The van der Waals surface area contributed by atoms with Gasteiger partial charge in [0.1, 0.15) is 0 Å². The van der Waals surface area contributed by atoms with Crippen LogP contribution in [0.2, 0.25) is 0 Å². The average Bonchev–Trinajstić information content (AvgIpc) is 3.18. The molecule has 3 aromatic carbocycles. The predicted octanol–water partition coefficient (Wildman–Crippen LogP) is 3.92. The van der Waals surface area contributed by atoms with Gasteiger partial charge in [-0.1, -0.05) is 42.5 Å². The third-order valence-electron chi connectivity index (χ3n) is 4.75. The minimum Gasteiger partial charge on any atom is -0.465 e. The van der Waals surface area contributed by atoms with E-state index in [0.29, 0.717) is 10.9 Å². The Morgan fingerprint density at radius 3 is 2.35 bits per heavy atom. The molecule has 0 atom stereocenters.